The van der Waals surface area contributed by atoms with Gasteiger partial charge in [0.1, 0.15) is 5.82 Å². The Morgan fingerprint density at radius 1 is 1.21 bits per heavy atom. The second-order valence-electron chi connectivity index (χ2n) is 7.27. The summed E-state index contributed by atoms with van der Waals surface area (Å²) in [5.74, 6) is -0.397. The highest BCUT2D eigenvalue weighted by molar-refractivity contribution is 5.89. The van der Waals surface area contributed by atoms with Crippen molar-refractivity contribution in [2.24, 2.45) is 0 Å². The van der Waals surface area contributed by atoms with Crippen LogP contribution in [0.25, 0.3) is 0 Å². The molecule has 1 saturated heterocycles. The topological polar surface area (TPSA) is 58.6 Å². The van der Waals surface area contributed by atoms with Crippen molar-refractivity contribution >= 4 is 11.9 Å². The van der Waals surface area contributed by atoms with Crippen molar-refractivity contribution in [1.82, 2.24) is 10.2 Å². The molecule has 1 heterocycles. The van der Waals surface area contributed by atoms with Crippen LogP contribution in [0.1, 0.15) is 40.7 Å². The summed E-state index contributed by atoms with van der Waals surface area (Å²) in [6.07, 6.45) is 2.82. The Kier molecular flexibility index (Phi) is 7.36. The number of halogens is 1. The van der Waals surface area contributed by atoms with Gasteiger partial charge in [-0.05, 0) is 55.1 Å². The predicted octanol–water partition coefficient (Wildman–Crippen LogP) is 3.33. The minimum absolute atomic E-state index is 0.157. The zero-order chi connectivity index (χ0) is 20.6. The lowest BCUT2D eigenvalue weighted by Gasteiger charge is -2.25. The Morgan fingerprint density at radius 3 is 2.69 bits per heavy atom. The van der Waals surface area contributed by atoms with Gasteiger partial charge in [0.15, 0.2) is 0 Å². The molecule has 6 heteroatoms. The van der Waals surface area contributed by atoms with E-state index in [1.54, 1.807) is 24.3 Å². The number of hydrogen-bond donors (Lipinski definition) is 1. The average Bonchev–Trinajstić information content (AvgIpc) is 3.10. The summed E-state index contributed by atoms with van der Waals surface area (Å²) in [6, 6.07) is 14.2. The molecule has 0 aliphatic carbocycles. The first-order chi connectivity index (χ1) is 14.1. The first kappa shape index (κ1) is 21.0. The van der Waals surface area contributed by atoms with Crippen molar-refractivity contribution in [2.75, 3.05) is 20.2 Å². The second-order valence-corrected chi connectivity index (χ2v) is 7.27. The molecule has 0 unspecified atom stereocenters. The number of nitrogens with zero attached hydrogens (tertiary/aromatic N) is 1. The summed E-state index contributed by atoms with van der Waals surface area (Å²) < 4.78 is 18.5. The number of methoxy groups -OCH3 is 1. The third-order valence-electron chi connectivity index (χ3n) is 5.39. The van der Waals surface area contributed by atoms with Crippen molar-refractivity contribution in [3.05, 3.63) is 71.0 Å². The van der Waals surface area contributed by atoms with E-state index in [0.29, 0.717) is 37.1 Å². The number of rotatable bonds is 9. The summed E-state index contributed by atoms with van der Waals surface area (Å²) >= 11 is 0. The molecule has 2 aromatic rings. The monoisotopic (exact) mass is 398 g/mol. The number of likely N-dealkylation sites (tertiary alicyclic amines) is 1. The van der Waals surface area contributed by atoms with Crippen LogP contribution in [0.4, 0.5) is 4.39 Å². The summed E-state index contributed by atoms with van der Waals surface area (Å²) in [6.45, 7) is 2.03. The molecule has 154 valence electrons. The first-order valence-corrected chi connectivity index (χ1v) is 9.99. The van der Waals surface area contributed by atoms with Crippen LogP contribution < -0.4 is 5.32 Å². The van der Waals surface area contributed by atoms with Gasteiger partial charge in [-0.1, -0.05) is 30.3 Å². The van der Waals surface area contributed by atoms with E-state index in [9.17, 15) is 14.0 Å². The number of nitrogens with one attached hydrogen (secondary N) is 1. The van der Waals surface area contributed by atoms with Crippen molar-refractivity contribution in [3.8, 4) is 0 Å². The van der Waals surface area contributed by atoms with Crippen LogP contribution in [0.15, 0.2) is 48.5 Å². The maximum atomic E-state index is 13.8. The molecule has 5 nitrogen and oxygen atoms in total. The molecule has 1 aliphatic heterocycles. The number of amides is 1. The molecular formula is C23H27FN2O3. The van der Waals surface area contributed by atoms with Gasteiger partial charge in [0.05, 0.1) is 12.7 Å². The quantitative estimate of drug-likeness (QED) is 0.520. The Morgan fingerprint density at radius 2 is 1.97 bits per heavy atom. The van der Waals surface area contributed by atoms with E-state index in [1.807, 2.05) is 23.1 Å². The highest BCUT2D eigenvalue weighted by Crippen LogP contribution is 2.22. The van der Waals surface area contributed by atoms with Gasteiger partial charge in [-0.25, -0.2) is 9.18 Å². The number of hydrogen-bond acceptors (Lipinski definition) is 4. The lowest BCUT2D eigenvalue weighted by molar-refractivity contribution is -0.129. The van der Waals surface area contributed by atoms with Crippen LogP contribution in [0, 0.1) is 5.82 Å². The van der Waals surface area contributed by atoms with Gasteiger partial charge in [-0.3, -0.25) is 4.79 Å². The lowest BCUT2D eigenvalue weighted by Crippen LogP contribution is -2.36. The standard InChI is InChI=1S/C23H27FN2O3/c1-29-23(28)19-8-6-17(7-9-19)16-25-14-12-20-10-11-22(27)26(20)15-13-18-4-2-3-5-21(18)24/h2-9,20,25H,10-16H2,1H3/t20-/m0/s1. The van der Waals surface area contributed by atoms with Crippen LogP contribution >= 0.6 is 0 Å². The minimum Gasteiger partial charge on any atom is -0.465 e. The van der Waals surface area contributed by atoms with Gasteiger partial charge in [0.25, 0.3) is 0 Å². The number of esters is 1. The summed E-state index contributed by atoms with van der Waals surface area (Å²) in [5.41, 5.74) is 2.27. The Bertz CT molecular complexity index is 838. The lowest BCUT2D eigenvalue weighted by atomic mass is 10.1. The minimum atomic E-state index is -0.342. The summed E-state index contributed by atoms with van der Waals surface area (Å²) in [5, 5.41) is 3.40. The van der Waals surface area contributed by atoms with Gasteiger partial charge in [0.2, 0.25) is 5.91 Å². The molecule has 2 aromatic carbocycles. The molecule has 0 bridgehead atoms. The number of carbonyl (C=O) groups excluding carboxylic acids is 2. The molecule has 1 N–H and O–H groups in total. The average molecular weight is 398 g/mol. The first-order valence-electron chi connectivity index (χ1n) is 9.99. The van der Waals surface area contributed by atoms with Gasteiger partial charge < -0.3 is 15.0 Å². The van der Waals surface area contributed by atoms with E-state index in [0.717, 1.165) is 24.9 Å². The molecule has 1 fully saturated rings. The molecule has 29 heavy (non-hydrogen) atoms. The van der Waals surface area contributed by atoms with E-state index in [2.05, 4.69) is 5.32 Å². The van der Waals surface area contributed by atoms with Crippen molar-refractivity contribution in [3.63, 3.8) is 0 Å². The molecule has 1 amide bonds. The van der Waals surface area contributed by atoms with E-state index in [-0.39, 0.29) is 23.7 Å². The van der Waals surface area contributed by atoms with Gasteiger partial charge in [-0.2, -0.15) is 0 Å². The van der Waals surface area contributed by atoms with Gasteiger partial charge in [0, 0.05) is 25.6 Å². The molecule has 0 saturated carbocycles. The van der Waals surface area contributed by atoms with Crippen LogP contribution in [0.2, 0.25) is 0 Å². The Hall–Kier alpha value is -2.73. The Labute approximate surface area is 170 Å². The third kappa shape index (κ3) is 5.64. The van der Waals surface area contributed by atoms with Gasteiger partial charge >= 0.3 is 5.97 Å². The number of ether oxygens (including phenoxy) is 1. The molecule has 1 aliphatic rings. The smallest absolute Gasteiger partial charge is 0.337 e. The number of benzene rings is 2. The van der Waals surface area contributed by atoms with Crippen molar-refractivity contribution in [2.45, 2.75) is 38.3 Å². The van der Waals surface area contributed by atoms with Crippen LogP contribution in [-0.4, -0.2) is 43.0 Å². The molecule has 1 atom stereocenters. The van der Waals surface area contributed by atoms with E-state index < -0.39 is 0 Å². The number of carbonyl (C=O) groups is 2. The predicted molar refractivity (Wildman–Crippen MR) is 109 cm³/mol. The molecule has 0 radical (unpaired) electrons. The normalized spacial score (nSPS) is 16.3. The molecule has 0 aromatic heterocycles. The van der Waals surface area contributed by atoms with Crippen molar-refractivity contribution < 1.29 is 18.7 Å². The van der Waals surface area contributed by atoms with Crippen molar-refractivity contribution in [1.29, 1.82) is 0 Å². The zero-order valence-corrected chi connectivity index (χ0v) is 16.7. The SMILES string of the molecule is COC(=O)c1ccc(CNCC[C@@H]2CCC(=O)N2CCc2ccccc2F)cc1. The highest BCUT2D eigenvalue weighted by Gasteiger charge is 2.30. The second kappa shape index (κ2) is 10.2. The Balaban J connectivity index is 1.44. The molecule has 3 rings (SSSR count). The fraction of sp³-hybridized carbons (Fsp3) is 0.391. The highest BCUT2D eigenvalue weighted by atomic mass is 19.1. The summed E-state index contributed by atoms with van der Waals surface area (Å²) in [7, 11) is 1.37. The maximum absolute atomic E-state index is 13.8. The zero-order valence-electron chi connectivity index (χ0n) is 16.7. The third-order valence-corrected chi connectivity index (χ3v) is 5.39. The van der Waals surface area contributed by atoms with Crippen LogP contribution in [0.3, 0.4) is 0 Å². The van der Waals surface area contributed by atoms with Crippen LogP contribution in [-0.2, 0) is 22.5 Å². The fourth-order valence-corrected chi connectivity index (χ4v) is 3.72. The largest absolute Gasteiger partial charge is 0.465 e. The van der Waals surface area contributed by atoms with Crippen LogP contribution in [0.5, 0.6) is 0 Å². The summed E-state index contributed by atoms with van der Waals surface area (Å²) in [4.78, 5) is 25.6. The van der Waals surface area contributed by atoms with E-state index in [4.69, 9.17) is 4.74 Å². The van der Waals surface area contributed by atoms with E-state index in [1.165, 1.54) is 13.2 Å². The molecule has 0 spiro atoms. The van der Waals surface area contributed by atoms with E-state index >= 15 is 0 Å². The maximum Gasteiger partial charge on any atom is 0.337 e. The van der Waals surface area contributed by atoms with Gasteiger partial charge in [-0.15, -0.1) is 0 Å². The molecular weight excluding hydrogens is 371 g/mol. The fourth-order valence-electron chi connectivity index (χ4n) is 3.72.